The second kappa shape index (κ2) is 3.83. The molecule has 5 heteroatoms. The average molecular weight is 320 g/mol. The second-order valence-corrected chi connectivity index (χ2v) is 6.31. The topological polar surface area (TPSA) is 40.7 Å². The summed E-state index contributed by atoms with van der Waals surface area (Å²) in [4.78, 5) is 0. The number of thiophene rings is 1. The highest BCUT2D eigenvalue weighted by atomic mass is 79.9. The molecule has 18 heavy (non-hydrogen) atoms. The zero-order valence-electron chi connectivity index (χ0n) is 9.40. The minimum atomic E-state index is 0.304. The first-order valence-corrected chi connectivity index (χ1v) is 7.45. The Morgan fingerprint density at radius 1 is 1.33 bits per heavy atom. The van der Waals surface area contributed by atoms with Crippen LogP contribution in [0.4, 0.5) is 5.69 Å². The van der Waals surface area contributed by atoms with E-state index in [1.807, 2.05) is 0 Å². The molecule has 3 heterocycles. The molecule has 2 aromatic heterocycles. The lowest BCUT2D eigenvalue weighted by Gasteiger charge is -2.08. The third kappa shape index (κ3) is 1.51. The number of aromatic nitrogens is 2. The highest BCUT2D eigenvalue weighted by Crippen LogP contribution is 2.38. The molecule has 0 bridgehead atoms. The standard InChI is InChI=1S/C13H10BrN3S/c14-8-1-2-9-7(5-8)6-11(15-9)12-13-10(16-17-12)3-4-18-13/h1-5,11,15H,6H2,(H,16,17). The molecule has 0 saturated heterocycles. The van der Waals surface area contributed by atoms with Crippen molar-refractivity contribution in [2.45, 2.75) is 12.5 Å². The van der Waals surface area contributed by atoms with Crippen LogP contribution in [-0.4, -0.2) is 10.2 Å². The Labute approximate surface area is 116 Å². The Morgan fingerprint density at radius 3 is 3.22 bits per heavy atom. The number of nitrogens with zero attached hydrogens (tertiary/aromatic N) is 1. The maximum atomic E-state index is 4.34. The van der Waals surface area contributed by atoms with Crippen LogP contribution in [0.5, 0.6) is 0 Å². The summed E-state index contributed by atoms with van der Waals surface area (Å²) >= 11 is 5.27. The third-order valence-corrected chi connectivity index (χ3v) is 4.79. The Bertz CT molecular complexity index is 731. The summed E-state index contributed by atoms with van der Waals surface area (Å²) in [5, 5.41) is 13.2. The van der Waals surface area contributed by atoms with Gasteiger partial charge in [-0.2, -0.15) is 5.10 Å². The smallest absolute Gasteiger partial charge is 0.103 e. The van der Waals surface area contributed by atoms with Crippen LogP contribution in [0.2, 0.25) is 0 Å². The van der Waals surface area contributed by atoms with E-state index in [9.17, 15) is 0 Å². The monoisotopic (exact) mass is 319 g/mol. The fourth-order valence-corrected chi connectivity index (χ4v) is 3.80. The summed E-state index contributed by atoms with van der Waals surface area (Å²) in [5.41, 5.74) is 4.84. The van der Waals surface area contributed by atoms with Crippen molar-refractivity contribution in [3.05, 3.63) is 45.4 Å². The number of benzene rings is 1. The summed E-state index contributed by atoms with van der Waals surface area (Å²) in [6.45, 7) is 0. The molecule has 0 aliphatic carbocycles. The summed E-state index contributed by atoms with van der Waals surface area (Å²) in [6.07, 6.45) is 1.00. The number of hydrogen-bond acceptors (Lipinski definition) is 3. The van der Waals surface area contributed by atoms with Gasteiger partial charge in [-0.1, -0.05) is 15.9 Å². The number of anilines is 1. The maximum Gasteiger partial charge on any atom is 0.103 e. The van der Waals surface area contributed by atoms with Crippen LogP contribution in [0.3, 0.4) is 0 Å². The fourth-order valence-electron chi connectivity index (χ4n) is 2.50. The van der Waals surface area contributed by atoms with Gasteiger partial charge in [0.05, 0.1) is 16.4 Å². The molecule has 0 fully saturated rings. The van der Waals surface area contributed by atoms with E-state index >= 15 is 0 Å². The van der Waals surface area contributed by atoms with Crippen LogP contribution in [-0.2, 0) is 6.42 Å². The highest BCUT2D eigenvalue weighted by molar-refractivity contribution is 9.10. The van der Waals surface area contributed by atoms with Crippen molar-refractivity contribution < 1.29 is 0 Å². The molecule has 0 saturated carbocycles. The van der Waals surface area contributed by atoms with Gasteiger partial charge >= 0.3 is 0 Å². The van der Waals surface area contributed by atoms with Gasteiger partial charge < -0.3 is 5.32 Å². The predicted octanol–water partition coefficient (Wildman–Crippen LogP) is 4.10. The van der Waals surface area contributed by atoms with Crippen LogP contribution < -0.4 is 5.32 Å². The summed E-state index contributed by atoms with van der Waals surface area (Å²) in [7, 11) is 0. The van der Waals surface area contributed by atoms with Crippen LogP contribution in [0.15, 0.2) is 34.1 Å². The average Bonchev–Trinajstić information content (AvgIpc) is 3.00. The van der Waals surface area contributed by atoms with E-state index < -0.39 is 0 Å². The first kappa shape index (κ1) is 10.6. The van der Waals surface area contributed by atoms with Crippen molar-refractivity contribution in [3.63, 3.8) is 0 Å². The molecule has 1 atom stereocenters. The molecule has 3 nitrogen and oxygen atoms in total. The molecule has 1 unspecified atom stereocenters. The van der Waals surface area contributed by atoms with Gasteiger partial charge in [0.15, 0.2) is 0 Å². The highest BCUT2D eigenvalue weighted by Gasteiger charge is 2.25. The minimum Gasteiger partial charge on any atom is -0.376 e. The van der Waals surface area contributed by atoms with Crippen molar-refractivity contribution in [3.8, 4) is 0 Å². The minimum absolute atomic E-state index is 0.304. The Morgan fingerprint density at radius 2 is 2.28 bits per heavy atom. The molecular weight excluding hydrogens is 310 g/mol. The molecular formula is C13H10BrN3S. The predicted molar refractivity (Wildman–Crippen MR) is 78.2 cm³/mol. The van der Waals surface area contributed by atoms with Gasteiger partial charge in [0, 0.05) is 16.6 Å². The van der Waals surface area contributed by atoms with E-state index in [4.69, 9.17) is 0 Å². The lowest BCUT2D eigenvalue weighted by atomic mass is 10.1. The van der Waals surface area contributed by atoms with Gasteiger partial charge in [-0.05, 0) is 35.2 Å². The molecule has 1 aromatic carbocycles. The molecule has 1 aliphatic rings. The van der Waals surface area contributed by atoms with Gasteiger partial charge in [-0.3, -0.25) is 5.10 Å². The Hall–Kier alpha value is -1.33. The number of H-pyrrole nitrogens is 1. The molecule has 2 N–H and O–H groups in total. The normalized spacial score (nSPS) is 17.9. The van der Waals surface area contributed by atoms with Crippen LogP contribution in [0, 0.1) is 0 Å². The first-order valence-electron chi connectivity index (χ1n) is 5.78. The van der Waals surface area contributed by atoms with Gasteiger partial charge in [-0.25, -0.2) is 0 Å². The first-order chi connectivity index (χ1) is 8.81. The molecule has 0 amide bonds. The number of fused-ring (bicyclic) bond motifs is 2. The number of rotatable bonds is 1. The fraction of sp³-hybridized carbons (Fsp3) is 0.154. The van der Waals surface area contributed by atoms with Crippen LogP contribution >= 0.6 is 27.3 Å². The number of aromatic amines is 1. The SMILES string of the molecule is Brc1ccc2c(c1)CC(c1[nH]nc3ccsc13)N2. The van der Waals surface area contributed by atoms with Gasteiger partial charge in [0.25, 0.3) is 0 Å². The molecule has 4 rings (SSSR count). The molecule has 0 spiro atoms. The van der Waals surface area contributed by atoms with Gasteiger partial charge in [0.1, 0.15) is 5.52 Å². The van der Waals surface area contributed by atoms with Crippen LogP contribution in [0.25, 0.3) is 10.2 Å². The largest absolute Gasteiger partial charge is 0.376 e. The second-order valence-electron chi connectivity index (χ2n) is 4.47. The number of nitrogens with one attached hydrogen (secondary N) is 2. The zero-order chi connectivity index (χ0) is 12.1. The number of hydrogen-bond donors (Lipinski definition) is 2. The van der Waals surface area contributed by atoms with Crippen LogP contribution in [0.1, 0.15) is 17.3 Å². The Balaban J connectivity index is 1.76. The van der Waals surface area contributed by atoms with E-state index in [1.54, 1.807) is 11.3 Å². The van der Waals surface area contributed by atoms with E-state index in [2.05, 4.69) is 61.1 Å². The quantitative estimate of drug-likeness (QED) is 0.709. The molecule has 1 aliphatic heterocycles. The zero-order valence-corrected chi connectivity index (χ0v) is 11.8. The number of halogens is 1. The van der Waals surface area contributed by atoms with E-state index in [0.29, 0.717) is 6.04 Å². The van der Waals surface area contributed by atoms with Crippen molar-refractivity contribution in [2.75, 3.05) is 5.32 Å². The molecule has 0 radical (unpaired) electrons. The van der Waals surface area contributed by atoms with Crippen molar-refractivity contribution in [2.24, 2.45) is 0 Å². The summed E-state index contributed by atoms with van der Waals surface area (Å²) < 4.78 is 2.40. The maximum absolute atomic E-state index is 4.34. The van der Waals surface area contributed by atoms with Gasteiger partial charge in [0.2, 0.25) is 0 Å². The van der Waals surface area contributed by atoms with Crippen molar-refractivity contribution >= 4 is 43.2 Å². The lowest BCUT2D eigenvalue weighted by molar-refractivity contribution is 0.786. The van der Waals surface area contributed by atoms with Crippen molar-refractivity contribution in [1.82, 2.24) is 10.2 Å². The summed E-state index contributed by atoms with van der Waals surface area (Å²) in [5.74, 6) is 0. The van der Waals surface area contributed by atoms with E-state index in [0.717, 1.165) is 16.4 Å². The Kier molecular flexibility index (Phi) is 2.25. The lowest BCUT2D eigenvalue weighted by Crippen LogP contribution is -2.06. The molecule has 3 aromatic rings. The van der Waals surface area contributed by atoms with E-state index in [1.165, 1.54) is 21.6 Å². The van der Waals surface area contributed by atoms with Gasteiger partial charge in [-0.15, -0.1) is 11.3 Å². The summed E-state index contributed by atoms with van der Waals surface area (Å²) in [6, 6.07) is 8.74. The van der Waals surface area contributed by atoms with E-state index in [-0.39, 0.29) is 0 Å². The van der Waals surface area contributed by atoms with Crippen molar-refractivity contribution in [1.29, 1.82) is 0 Å². The third-order valence-electron chi connectivity index (χ3n) is 3.36. The molecule has 90 valence electrons.